The zero-order valence-corrected chi connectivity index (χ0v) is 12.1. The molecule has 19 heavy (non-hydrogen) atoms. The van der Waals surface area contributed by atoms with Gasteiger partial charge in [0.25, 0.3) is 0 Å². The van der Waals surface area contributed by atoms with E-state index in [1.165, 1.54) is 0 Å². The van der Waals surface area contributed by atoms with E-state index in [9.17, 15) is 0 Å². The zero-order valence-electron chi connectivity index (χ0n) is 11.3. The van der Waals surface area contributed by atoms with Crippen molar-refractivity contribution in [2.24, 2.45) is 5.73 Å². The average Bonchev–Trinajstić information content (AvgIpc) is 2.39. The maximum absolute atomic E-state index is 5.60. The van der Waals surface area contributed by atoms with Crippen LogP contribution in [-0.4, -0.2) is 38.5 Å². The Bertz CT molecular complexity index is 367. The second-order valence-corrected chi connectivity index (χ2v) is 4.62. The van der Waals surface area contributed by atoms with Gasteiger partial charge in [0.1, 0.15) is 5.75 Å². The van der Waals surface area contributed by atoms with Gasteiger partial charge in [0.05, 0.1) is 24.8 Å². The lowest BCUT2D eigenvalue weighted by atomic mass is 10.1. The lowest BCUT2D eigenvalue weighted by Crippen LogP contribution is -2.10. The first-order chi connectivity index (χ1) is 9.22. The Morgan fingerprint density at radius 1 is 1.11 bits per heavy atom. The summed E-state index contributed by atoms with van der Waals surface area (Å²) in [6.07, 6.45) is 1.49. The van der Waals surface area contributed by atoms with E-state index in [0.717, 1.165) is 17.7 Å². The predicted octanol–water partition coefficient (Wildman–Crippen LogP) is 1.95. The SMILES string of the molecule is COCCOCCCOc1ccc(CC(N)=S)cc1. The molecule has 0 fully saturated rings. The zero-order chi connectivity index (χ0) is 13.9. The molecule has 0 bridgehead atoms. The highest BCUT2D eigenvalue weighted by molar-refractivity contribution is 7.80. The minimum atomic E-state index is 0.502. The minimum absolute atomic E-state index is 0.502. The molecule has 2 N–H and O–H groups in total. The molecule has 0 unspecified atom stereocenters. The van der Waals surface area contributed by atoms with E-state index in [1.807, 2.05) is 24.3 Å². The highest BCUT2D eigenvalue weighted by atomic mass is 32.1. The summed E-state index contributed by atoms with van der Waals surface area (Å²) in [5.74, 6) is 0.851. The number of hydrogen-bond acceptors (Lipinski definition) is 4. The Kier molecular flexibility index (Phi) is 8.13. The molecule has 4 nitrogen and oxygen atoms in total. The summed E-state index contributed by atoms with van der Waals surface area (Å²) in [5, 5.41) is 0. The van der Waals surface area contributed by atoms with E-state index >= 15 is 0 Å². The fourth-order valence-electron chi connectivity index (χ4n) is 1.50. The van der Waals surface area contributed by atoms with Crippen molar-refractivity contribution in [3.8, 4) is 5.75 Å². The van der Waals surface area contributed by atoms with Crippen molar-refractivity contribution in [1.82, 2.24) is 0 Å². The lowest BCUT2D eigenvalue weighted by Gasteiger charge is -2.07. The van der Waals surface area contributed by atoms with Gasteiger partial charge in [-0.3, -0.25) is 0 Å². The average molecular weight is 283 g/mol. The normalized spacial score (nSPS) is 10.4. The van der Waals surface area contributed by atoms with Crippen molar-refractivity contribution in [2.45, 2.75) is 12.8 Å². The molecule has 0 aliphatic heterocycles. The first-order valence-electron chi connectivity index (χ1n) is 6.29. The van der Waals surface area contributed by atoms with Crippen molar-refractivity contribution in [1.29, 1.82) is 0 Å². The number of methoxy groups -OCH3 is 1. The largest absolute Gasteiger partial charge is 0.494 e. The Morgan fingerprint density at radius 2 is 1.84 bits per heavy atom. The van der Waals surface area contributed by atoms with E-state index < -0.39 is 0 Å². The van der Waals surface area contributed by atoms with Crippen molar-refractivity contribution in [3.05, 3.63) is 29.8 Å². The first kappa shape index (κ1) is 15.9. The fourth-order valence-corrected chi connectivity index (χ4v) is 1.67. The number of thiocarbonyl (C=S) groups is 1. The van der Waals surface area contributed by atoms with Gasteiger partial charge in [0.2, 0.25) is 0 Å². The van der Waals surface area contributed by atoms with Crippen LogP contribution in [0.1, 0.15) is 12.0 Å². The number of ether oxygens (including phenoxy) is 3. The highest BCUT2D eigenvalue weighted by Gasteiger charge is 1.97. The molecule has 0 atom stereocenters. The van der Waals surface area contributed by atoms with Crippen LogP contribution in [0.15, 0.2) is 24.3 Å². The Balaban J connectivity index is 2.14. The molecule has 0 saturated heterocycles. The molecule has 0 aliphatic rings. The third-order valence-corrected chi connectivity index (χ3v) is 2.58. The summed E-state index contributed by atoms with van der Waals surface area (Å²) in [6.45, 7) is 2.58. The molecule has 0 spiro atoms. The molecule has 0 aliphatic carbocycles. The topological polar surface area (TPSA) is 53.7 Å². The van der Waals surface area contributed by atoms with Gasteiger partial charge in [-0.1, -0.05) is 24.4 Å². The standard InChI is InChI=1S/C14H21NO3S/c1-16-9-10-17-7-2-8-18-13-5-3-12(4-6-13)11-14(15)19/h3-6H,2,7-11H2,1H3,(H2,15,19). The maximum Gasteiger partial charge on any atom is 0.119 e. The smallest absolute Gasteiger partial charge is 0.119 e. The van der Waals surface area contributed by atoms with E-state index in [1.54, 1.807) is 7.11 Å². The van der Waals surface area contributed by atoms with E-state index in [4.69, 9.17) is 32.2 Å². The van der Waals surface area contributed by atoms with E-state index in [0.29, 0.717) is 37.8 Å². The molecule has 106 valence electrons. The van der Waals surface area contributed by atoms with Crippen molar-refractivity contribution in [2.75, 3.05) is 33.5 Å². The molecular weight excluding hydrogens is 262 g/mol. The van der Waals surface area contributed by atoms with Crippen molar-refractivity contribution >= 4 is 17.2 Å². The third-order valence-electron chi connectivity index (χ3n) is 2.44. The van der Waals surface area contributed by atoms with Crippen LogP contribution >= 0.6 is 12.2 Å². The highest BCUT2D eigenvalue weighted by Crippen LogP contribution is 2.12. The summed E-state index contributed by atoms with van der Waals surface area (Å²) in [7, 11) is 1.66. The van der Waals surface area contributed by atoms with Gasteiger partial charge in [-0.15, -0.1) is 0 Å². The molecule has 0 saturated carbocycles. The van der Waals surface area contributed by atoms with Crippen LogP contribution in [0.5, 0.6) is 5.75 Å². The molecule has 5 heteroatoms. The maximum atomic E-state index is 5.60. The fraction of sp³-hybridized carbons (Fsp3) is 0.500. The van der Waals surface area contributed by atoms with E-state index in [-0.39, 0.29) is 0 Å². The van der Waals surface area contributed by atoms with Gasteiger partial charge in [0, 0.05) is 26.6 Å². The second-order valence-electron chi connectivity index (χ2n) is 4.09. The van der Waals surface area contributed by atoms with Crippen molar-refractivity contribution in [3.63, 3.8) is 0 Å². The predicted molar refractivity (Wildman–Crippen MR) is 79.7 cm³/mol. The summed E-state index contributed by atoms with van der Waals surface area (Å²) < 4.78 is 15.8. The molecule has 0 amide bonds. The van der Waals surface area contributed by atoms with Crippen LogP contribution in [-0.2, 0) is 15.9 Å². The molecule has 1 rings (SSSR count). The summed E-state index contributed by atoms with van der Waals surface area (Å²) in [6, 6.07) is 7.81. The summed E-state index contributed by atoms with van der Waals surface area (Å²) >= 11 is 4.86. The molecular formula is C14H21NO3S. The number of hydrogen-bond donors (Lipinski definition) is 1. The van der Waals surface area contributed by atoms with Crippen LogP contribution < -0.4 is 10.5 Å². The van der Waals surface area contributed by atoms with Gasteiger partial charge in [-0.05, 0) is 17.7 Å². The van der Waals surface area contributed by atoms with Crippen molar-refractivity contribution < 1.29 is 14.2 Å². The van der Waals surface area contributed by atoms with Crippen LogP contribution in [0.25, 0.3) is 0 Å². The molecule has 1 aromatic rings. The number of rotatable bonds is 10. The number of nitrogens with two attached hydrogens (primary N) is 1. The van der Waals surface area contributed by atoms with Crippen LogP contribution in [0.4, 0.5) is 0 Å². The summed E-state index contributed by atoms with van der Waals surface area (Å²) in [5.41, 5.74) is 6.59. The first-order valence-corrected chi connectivity index (χ1v) is 6.70. The Hall–Kier alpha value is -1.17. The van der Waals surface area contributed by atoms with Crippen LogP contribution in [0, 0.1) is 0 Å². The Labute approximate surface area is 119 Å². The van der Waals surface area contributed by atoms with E-state index in [2.05, 4.69) is 0 Å². The monoisotopic (exact) mass is 283 g/mol. The minimum Gasteiger partial charge on any atom is -0.494 e. The molecule has 0 aromatic heterocycles. The molecule has 0 heterocycles. The van der Waals surface area contributed by atoms with Gasteiger partial charge < -0.3 is 19.9 Å². The van der Waals surface area contributed by atoms with Gasteiger partial charge in [-0.25, -0.2) is 0 Å². The lowest BCUT2D eigenvalue weighted by molar-refractivity contribution is 0.0644. The molecule has 0 radical (unpaired) electrons. The van der Waals surface area contributed by atoms with Gasteiger partial charge in [0.15, 0.2) is 0 Å². The third kappa shape index (κ3) is 7.77. The van der Waals surface area contributed by atoms with Crippen LogP contribution in [0.2, 0.25) is 0 Å². The van der Waals surface area contributed by atoms with Gasteiger partial charge in [-0.2, -0.15) is 0 Å². The quantitative estimate of drug-likeness (QED) is 0.525. The Morgan fingerprint density at radius 3 is 2.47 bits per heavy atom. The van der Waals surface area contributed by atoms with Crippen LogP contribution in [0.3, 0.4) is 0 Å². The van der Waals surface area contributed by atoms with Gasteiger partial charge >= 0.3 is 0 Å². The number of benzene rings is 1. The second kappa shape index (κ2) is 9.72. The molecule has 1 aromatic carbocycles. The summed E-state index contributed by atoms with van der Waals surface area (Å²) in [4.78, 5) is 0.502.